The van der Waals surface area contributed by atoms with Crippen LogP contribution in [0.25, 0.3) is 0 Å². The van der Waals surface area contributed by atoms with Crippen molar-refractivity contribution in [2.24, 2.45) is 0 Å². The summed E-state index contributed by atoms with van der Waals surface area (Å²) in [6.07, 6.45) is -0.0718. The van der Waals surface area contributed by atoms with Gasteiger partial charge in [0.1, 0.15) is 10.1 Å². The van der Waals surface area contributed by atoms with E-state index < -0.39 is 10.1 Å². The Labute approximate surface area is 125 Å². The first-order valence-corrected chi connectivity index (χ1v) is 4.87. The molecule has 0 radical (unpaired) electrons. The molecule has 0 aromatic heterocycles. The van der Waals surface area contributed by atoms with Crippen molar-refractivity contribution in [1.82, 2.24) is 0 Å². The van der Waals surface area contributed by atoms with Crippen molar-refractivity contribution in [2.75, 3.05) is 0 Å². The normalized spacial score (nSPS) is 10.0. The zero-order valence-corrected chi connectivity index (χ0v) is 11.5. The molecular formula is C8H6KNO3S. The summed E-state index contributed by atoms with van der Waals surface area (Å²) in [5.41, 5.74) is 0.250. The zero-order chi connectivity index (χ0) is 9.90. The number of benzene rings is 1. The maximum atomic E-state index is 10.7. The van der Waals surface area contributed by atoms with E-state index in [1.165, 1.54) is 18.2 Å². The largest absolute Gasteiger partial charge is 1.00 e. The minimum Gasteiger partial charge on any atom is -0.744 e. The first kappa shape index (κ1) is 14.3. The topological polar surface area (TPSA) is 81.0 Å². The Balaban J connectivity index is 0.00000169. The summed E-state index contributed by atoms with van der Waals surface area (Å²) in [7, 11) is -4.46. The van der Waals surface area contributed by atoms with E-state index in [4.69, 9.17) is 5.26 Å². The van der Waals surface area contributed by atoms with Gasteiger partial charge in [-0.1, -0.05) is 18.2 Å². The fraction of sp³-hybridized carbons (Fsp3) is 0.125. The van der Waals surface area contributed by atoms with Crippen molar-refractivity contribution in [3.05, 3.63) is 29.8 Å². The molecule has 0 aliphatic carbocycles. The van der Waals surface area contributed by atoms with E-state index in [9.17, 15) is 13.0 Å². The van der Waals surface area contributed by atoms with Crippen molar-refractivity contribution in [2.45, 2.75) is 11.3 Å². The molecule has 0 saturated carbocycles. The Morgan fingerprint density at radius 3 is 2.43 bits per heavy atom. The van der Waals surface area contributed by atoms with Gasteiger partial charge in [-0.2, -0.15) is 5.26 Å². The molecule has 0 spiro atoms. The van der Waals surface area contributed by atoms with Crippen LogP contribution in [0.1, 0.15) is 5.56 Å². The van der Waals surface area contributed by atoms with Gasteiger partial charge in [-0.15, -0.1) is 0 Å². The van der Waals surface area contributed by atoms with Gasteiger partial charge in [0.25, 0.3) is 0 Å². The first-order valence-electron chi connectivity index (χ1n) is 3.46. The first-order chi connectivity index (χ1) is 6.05. The summed E-state index contributed by atoms with van der Waals surface area (Å²) >= 11 is 0. The summed E-state index contributed by atoms with van der Waals surface area (Å²) < 4.78 is 32.0. The Hall–Kier alpha value is 0.256. The maximum Gasteiger partial charge on any atom is 1.00 e. The molecule has 0 saturated heterocycles. The number of hydrogen-bond acceptors (Lipinski definition) is 4. The molecule has 0 aliphatic heterocycles. The molecule has 0 amide bonds. The van der Waals surface area contributed by atoms with Gasteiger partial charge in [-0.3, -0.25) is 0 Å². The van der Waals surface area contributed by atoms with Gasteiger partial charge < -0.3 is 4.55 Å². The van der Waals surface area contributed by atoms with Crippen molar-refractivity contribution in [1.29, 1.82) is 5.26 Å². The van der Waals surface area contributed by atoms with Crippen LogP contribution in [-0.2, 0) is 16.5 Å². The predicted molar refractivity (Wildman–Crippen MR) is 43.7 cm³/mol. The Morgan fingerprint density at radius 1 is 1.36 bits per heavy atom. The Bertz CT molecular complexity index is 450. The van der Waals surface area contributed by atoms with E-state index >= 15 is 0 Å². The molecular weight excluding hydrogens is 229 g/mol. The van der Waals surface area contributed by atoms with Crippen LogP contribution in [0, 0.1) is 11.3 Å². The third-order valence-electron chi connectivity index (χ3n) is 1.51. The van der Waals surface area contributed by atoms with Crippen LogP contribution < -0.4 is 51.4 Å². The summed E-state index contributed by atoms with van der Waals surface area (Å²) in [5, 5.41) is 8.36. The molecule has 0 atom stereocenters. The minimum atomic E-state index is -4.46. The molecule has 6 heteroatoms. The number of nitriles is 1. The summed E-state index contributed by atoms with van der Waals surface area (Å²) in [6.45, 7) is 0. The maximum absolute atomic E-state index is 10.7. The third kappa shape index (κ3) is 3.78. The second-order valence-corrected chi connectivity index (χ2v) is 3.74. The van der Waals surface area contributed by atoms with Crippen LogP contribution in [0.5, 0.6) is 0 Å². The molecule has 0 N–H and O–H groups in total. The molecule has 0 bridgehead atoms. The zero-order valence-electron chi connectivity index (χ0n) is 7.60. The summed E-state index contributed by atoms with van der Waals surface area (Å²) in [4.78, 5) is -0.309. The summed E-state index contributed by atoms with van der Waals surface area (Å²) in [5.74, 6) is 0. The van der Waals surface area contributed by atoms with Crippen LogP contribution in [0.2, 0.25) is 0 Å². The predicted octanol–water partition coefficient (Wildman–Crippen LogP) is -2.34. The second-order valence-electron chi connectivity index (χ2n) is 2.40. The molecule has 0 fully saturated rings. The molecule has 1 aromatic rings. The molecule has 0 unspecified atom stereocenters. The quantitative estimate of drug-likeness (QED) is 0.425. The van der Waals surface area contributed by atoms with Gasteiger partial charge in [0.05, 0.1) is 17.4 Å². The van der Waals surface area contributed by atoms with Crippen molar-refractivity contribution in [3.8, 4) is 6.07 Å². The molecule has 14 heavy (non-hydrogen) atoms. The molecule has 4 nitrogen and oxygen atoms in total. The van der Waals surface area contributed by atoms with Gasteiger partial charge in [0.2, 0.25) is 0 Å². The van der Waals surface area contributed by atoms with Crippen LogP contribution >= 0.6 is 0 Å². The molecule has 1 rings (SSSR count). The van der Waals surface area contributed by atoms with E-state index in [1.807, 2.05) is 0 Å². The molecule has 68 valence electrons. The Morgan fingerprint density at radius 2 is 1.93 bits per heavy atom. The van der Waals surface area contributed by atoms with Crippen LogP contribution in [0.4, 0.5) is 0 Å². The monoisotopic (exact) mass is 235 g/mol. The summed E-state index contributed by atoms with van der Waals surface area (Å²) in [6, 6.07) is 7.48. The second kappa shape index (κ2) is 5.97. The van der Waals surface area contributed by atoms with Crippen molar-refractivity contribution in [3.63, 3.8) is 0 Å². The van der Waals surface area contributed by atoms with Gasteiger partial charge in [0.15, 0.2) is 0 Å². The van der Waals surface area contributed by atoms with Gasteiger partial charge in [-0.25, -0.2) is 8.42 Å². The van der Waals surface area contributed by atoms with Gasteiger partial charge >= 0.3 is 51.4 Å². The van der Waals surface area contributed by atoms with E-state index in [-0.39, 0.29) is 68.3 Å². The van der Waals surface area contributed by atoms with Crippen molar-refractivity contribution < 1.29 is 64.4 Å². The fourth-order valence-electron chi connectivity index (χ4n) is 0.979. The molecule has 1 aromatic carbocycles. The van der Waals surface area contributed by atoms with E-state index in [0.29, 0.717) is 0 Å². The van der Waals surface area contributed by atoms with E-state index in [0.717, 1.165) is 0 Å². The third-order valence-corrected chi connectivity index (χ3v) is 2.45. The van der Waals surface area contributed by atoms with E-state index in [2.05, 4.69) is 0 Å². The average molecular weight is 235 g/mol. The van der Waals surface area contributed by atoms with Crippen molar-refractivity contribution >= 4 is 10.1 Å². The standard InChI is InChI=1S/C8H7NO3S.K/c9-6-5-7-3-1-2-4-8(7)13(10,11)12;/h1-4H,5H2,(H,10,11,12);/q;+1/p-1. The van der Waals surface area contributed by atoms with Crippen LogP contribution in [-0.4, -0.2) is 13.0 Å². The molecule has 0 heterocycles. The van der Waals surface area contributed by atoms with E-state index in [1.54, 1.807) is 12.1 Å². The smallest absolute Gasteiger partial charge is 0.744 e. The van der Waals surface area contributed by atoms with Gasteiger partial charge in [-0.05, 0) is 11.6 Å². The van der Waals surface area contributed by atoms with Crippen LogP contribution in [0.15, 0.2) is 29.2 Å². The minimum absolute atomic E-state index is 0. The SMILES string of the molecule is N#CCc1ccccc1S(=O)(=O)[O-].[K+]. The van der Waals surface area contributed by atoms with Crippen LogP contribution in [0.3, 0.4) is 0 Å². The Kier molecular flexibility index (Phi) is 6.08. The number of nitrogens with zero attached hydrogens (tertiary/aromatic N) is 1. The fourth-order valence-corrected chi connectivity index (χ4v) is 1.69. The number of rotatable bonds is 2. The van der Waals surface area contributed by atoms with Gasteiger partial charge in [0, 0.05) is 0 Å². The molecule has 0 aliphatic rings. The average Bonchev–Trinajstić information content (AvgIpc) is 2.04. The number of hydrogen-bond donors (Lipinski definition) is 0.